The topological polar surface area (TPSA) is 50.4 Å². The monoisotopic (exact) mass is 342 g/mol. The van der Waals surface area contributed by atoms with E-state index >= 15 is 0 Å². The Labute approximate surface area is 142 Å². The molecule has 0 bridgehead atoms. The van der Waals surface area contributed by atoms with Gasteiger partial charge < -0.3 is 15.4 Å². The Morgan fingerprint density at radius 1 is 1.41 bits per heavy atom. The molecule has 1 saturated heterocycles. The van der Waals surface area contributed by atoms with E-state index in [0.29, 0.717) is 24.9 Å². The van der Waals surface area contributed by atoms with Crippen LogP contribution in [0.2, 0.25) is 0 Å². The molecule has 2 N–H and O–H groups in total. The van der Waals surface area contributed by atoms with Crippen molar-refractivity contribution in [3.05, 3.63) is 29.8 Å². The standard InChI is InChI=1S/C16H22N2O2S.ClH/c19-16(9-13-11-21-8-6-17-13)18-10-12-5-7-20-15-4-2-1-3-14(12)15;/h1-4,12-13,17H,5-11H2,(H,18,19);1H. The van der Waals surface area contributed by atoms with E-state index in [1.807, 2.05) is 30.0 Å². The zero-order valence-electron chi connectivity index (χ0n) is 12.5. The van der Waals surface area contributed by atoms with Crippen LogP contribution in [0.1, 0.15) is 24.3 Å². The van der Waals surface area contributed by atoms with Gasteiger partial charge >= 0.3 is 0 Å². The number of para-hydroxylation sites is 1. The molecule has 122 valence electrons. The predicted octanol–water partition coefficient (Wildman–Crippen LogP) is 2.19. The summed E-state index contributed by atoms with van der Waals surface area (Å²) >= 11 is 1.92. The highest BCUT2D eigenvalue weighted by Gasteiger charge is 2.22. The molecule has 0 radical (unpaired) electrons. The number of halogens is 1. The molecule has 0 aromatic heterocycles. The van der Waals surface area contributed by atoms with Gasteiger partial charge in [0.25, 0.3) is 0 Å². The fourth-order valence-corrected chi connectivity index (χ4v) is 3.86. The second kappa shape index (κ2) is 8.65. The van der Waals surface area contributed by atoms with E-state index in [9.17, 15) is 4.79 Å². The number of nitrogens with one attached hydrogen (secondary N) is 2. The zero-order valence-corrected chi connectivity index (χ0v) is 14.2. The molecule has 3 rings (SSSR count). The van der Waals surface area contributed by atoms with Gasteiger partial charge in [-0.05, 0) is 18.1 Å². The molecule has 6 heteroatoms. The van der Waals surface area contributed by atoms with E-state index in [-0.39, 0.29) is 18.3 Å². The molecule has 2 atom stereocenters. The van der Waals surface area contributed by atoms with Crippen molar-refractivity contribution in [3.8, 4) is 5.75 Å². The van der Waals surface area contributed by atoms with Crippen LogP contribution in [0.15, 0.2) is 24.3 Å². The van der Waals surface area contributed by atoms with Crippen LogP contribution < -0.4 is 15.4 Å². The Morgan fingerprint density at radius 3 is 3.09 bits per heavy atom. The zero-order chi connectivity index (χ0) is 14.5. The van der Waals surface area contributed by atoms with Gasteiger partial charge in [-0.1, -0.05) is 18.2 Å². The van der Waals surface area contributed by atoms with Crippen molar-refractivity contribution < 1.29 is 9.53 Å². The average molecular weight is 343 g/mol. The Morgan fingerprint density at radius 2 is 2.27 bits per heavy atom. The summed E-state index contributed by atoms with van der Waals surface area (Å²) in [6.45, 7) is 2.45. The highest BCUT2D eigenvalue weighted by Crippen LogP contribution is 2.32. The molecule has 1 amide bonds. The maximum atomic E-state index is 12.1. The molecule has 2 aliphatic rings. The Bertz CT molecular complexity index is 495. The predicted molar refractivity (Wildman–Crippen MR) is 93.3 cm³/mol. The van der Waals surface area contributed by atoms with E-state index in [0.717, 1.165) is 36.8 Å². The second-order valence-corrected chi connectivity index (χ2v) is 6.76. The van der Waals surface area contributed by atoms with Gasteiger partial charge in [-0.3, -0.25) is 4.79 Å². The Kier molecular flexibility index (Phi) is 6.86. The van der Waals surface area contributed by atoms with Gasteiger partial charge in [0.15, 0.2) is 0 Å². The van der Waals surface area contributed by atoms with Crippen LogP contribution in [-0.4, -0.2) is 43.2 Å². The van der Waals surface area contributed by atoms with Crippen LogP contribution in [0.5, 0.6) is 5.75 Å². The summed E-state index contributed by atoms with van der Waals surface area (Å²) in [7, 11) is 0. The third kappa shape index (κ3) is 4.54. The van der Waals surface area contributed by atoms with Crippen LogP contribution in [0, 0.1) is 0 Å². The first-order chi connectivity index (χ1) is 10.3. The van der Waals surface area contributed by atoms with Gasteiger partial charge in [-0.25, -0.2) is 0 Å². The first-order valence-electron chi connectivity index (χ1n) is 7.62. The molecule has 0 spiro atoms. The molecule has 1 aromatic rings. The van der Waals surface area contributed by atoms with Crippen molar-refractivity contribution >= 4 is 30.1 Å². The van der Waals surface area contributed by atoms with Crippen molar-refractivity contribution in [1.82, 2.24) is 10.6 Å². The second-order valence-electron chi connectivity index (χ2n) is 5.61. The minimum Gasteiger partial charge on any atom is -0.493 e. The summed E-state index contributed by atoms with van der Waals surface area (Å²) in [4.78, 5) is 12.1. The Hall–Kier alpha value is -0.910. The normalized spacial score (nSPS) is 23.6. The summed E-state index contributed by atoms with van der Waals surface area (Å²) in [6.07, 6.45) is 1.55. The number of carbonyl (C=O) groups excluding carboxylic acids is 1. The molecule has 22 heavy (non-hydrogen) atoms. The number of benzene rings is 1. The number of ether oxygens (including phenoxy) is 1. The van der Waals surface area contributed by atoms with Crippen LogP contribution >= 0.6 is 24.2 Å². The van der Waals surface area contributed by atoms with E-state index in [4.69, 9.17) is 4.74 Å². The van der Waals surface area contributed by atoms with Crippen LogP contribution in [0.25, 0.3) is 0 Å². The number of fused-ring (bicyclic) bond motifs is 1. The number of rotatable bonds is 4. The number of carbonyl (C=O) groups is 1. The number of hydrogen-bond donors (Lipinski definition) is 2. The minimum atomic E-state index is 0. The summed E-state index contributed by atoms with van der Waals surface area (Å²) < 4.78 is 5.66. The molecule has 1 fully saturated rings. The smallest absolute Gasteiger partial charge is 0.221 e. The fourth-order valence-electron chi connectivity index (χ4n) is 2.91. The van der Waals surface area contributed by atoms with Gasteiger partial charge in [-0.15, -0.1) is 12.4 Å². The van der Waals surface area contributed by atoms with Crippen molar-refractivity contribution in [2.45, 2.75) is 24.8 Å². The third-order valence-corrected chi connectivity index (χ3v) is 5.19. The van der Waals surface area contributed by atoms with Crippen LogP contribution in [-0.2, 0) is 4.79 Å². The van der Waals surface area contributed by atoms with Gasteiger partial charge in [0.2, 0.25) is 5.91 Å². The molecule has 2 aliphatic heterocycles. The van der Waals surface area contributed by atoms with Crippen molar-refractivity contribution in [2.24, 2.45) is 0 Å². The molecular weight excluding hydrogens is 320 g/mol. The van der Waals surface area contributed by atoms with E-state index < -0.39 is 0 Å². The molecule has 0 saturated carbocycles. The highest BCUT2D eigenvalue weighted by molar-refractivity contribution is 7.99. The van der Waals surface area contributed by atoms with E-state index in [1.54, 1.807) is 0 Å². The molecule has 2 heterocycles. The summed E-state index contributed by atoms with van der Waals surface area (Å²) in [5, 5.41) is 6.50. The molecule has 4 nitrogen and oxygen atoms in total. The van der Waals surface area contributed by atoms with Gasteiger partial charge in [0, 0.05) is 43.0 Å². The number of thioether (sulfide) groups is 1. The molecule has 1 aromatic carbocycles. The average Bonchev–Trinajstić information content (AvgIpc) is 2.54. The van der Waals surface area contributed by atoms with Gasteiger partial charge in [0.1, 0.15) is 5.75 Å². The van der Waals surface area contributed by atoms with Crippen LogP contribution in [0.3, 0.4) is 0 Å². The number of hydrogen-bond acceptors (Lipinski definition) is 4. The summed E-state index contributed by atoms with van der Waals surface area (Å²) in [5.41, 5.74) is 1.22. The Balaban J connectivity index is 0.00000176. The van der Waals surface area contributed by atoms with Crippen molar-refractivity contribution in [1.29, 1.82) is 0 Å². The molecular formula is C16H23ClN2O2S. The lowest BCUT2D eigenvalue weighted by Gasteiger charge is -2.27. The SMILES string of the molecule is Cl.O=C(CC1CSCCN1)NCC1CCOc2ccccc21. The number of amides is 1. The molecule has 0 aliphatic carbocycles. The maximum absolute atomic E-state index is 12.1. The largest absolute Gasteiger partial charge is 0.493 e. The fraction of sp³-hybridized carbons (Fsp3) is 0.562. The summed E-state index contributed by atoms with van der Waals surface area (Å²) in [5.74, 6) is 3.67. The lowest BCUT2D eigenvalue weighted by Crippen LogP contribution is -2.42. The third-order valence-electron chi connectivity index (χ3n) is 4.06. The van der Waals surface area contributed by atoms with E-state index in [1.165, 1.54) is 5.56 Å². The summed E-state index contributed by atoms with van der Waals surface area (Å²) in [6, 6.07) is 8.46. The first kappa shape index (κ1) is 17.4. The minimum absolute atomic E-state index is 0. The lowest BCUT2D eigenvalue weighted by molar-refractivity contribution is -0.121. The van der Waals surface area contributed by atoms with Gasteiger partial charge in [-0.2, -0.15) is 11.8 Å². The first-order valence-corrected chi connectivity index (χ1v) is 8.78. The van der Waals surface area contributed by atoms with Crippen LogP contribution in [0.4, 0.5) is 0 Å². The lowest BCUT2D eigenvalue weighted by atomic mass is 9.93. The van der Waals surface area contributed by atoms with Crippen molar-refractivity contribution in [3.63, 3.8) is 0 Å². The maximum Gasteiger partial charge on any atom is 0.221 e. The molecule has 2 unspecified atom stereocenters. The quantitative estimate of drug-likeness (QED) is 0.880. The van der Waals surface area contributed by atoms with E-state index in [2.05, 4.69) is 16.7 Å². The highest BCUT2D eigenvalue weighted by atomic mass is 35.5. The van der Waals surface area contributed by atoms with Crippen molar-refractivity contribution in [2.75, 3.05) is 31.2 Å². The van der Waals surface area contributed by atoms with Gasteiger partial charge in [0.05, 0.1) is 6.61 Å².